The highest BCUT2D eigenvalue weighted by Crippen LogP contribution is 2.23. The van der Waals surface area contributed by atoms with Crippen LogP contribution in [0, 0.1) is 0 Å². The lowest BCUT2D eigenvalue weighted by Crippen LogP contribution is -2.47. The van der Waals surface area contributed by atoms with Crippen molar-refractivity contribution in [3.05, 3.63) is 83.9 Å². The van der Waals surface area contributed by atoms with Crippen LogP contribution in [0.25, 0.3) is 11.1 Å². The Morgan fingerprint density at radius 2 is 1.46 bits per heavy atom. The van der Waals surface area contributed by atoms with Crippen molar-refractivity contribution in [3.63, 3.8) is 0 Å². The summed E-state index contributed by atoms with van der Waals surface area (Å²) in [5.74, 6) is -1.58. The number of para-hydroxylation sites is 1. The van der Waals surface area contributed by atoms with E-state index in [2.05, 4.69) is 10.6 Å². The number of phenolic OH excluding ortho intramolecular Hbond substituents is 1. The van der Waals surface area contributed by atoms with Crippen molar-refractivity contribution < 1.29 is 29.3 Å². The molecule has 0 bridgehead atoms. The van der Waals surface area contributed by atoms with E-state index in [0.29, 0.717) is 0 Å². The van der Waals surface area contributed by atoms with Crippen molar-refractivity contribution in [2.45, 2.75) is 38.8 Å². The molecule has 0 heterocycles. The van der Waals surface area contributed by atoms with Gasteiger partial charge in [0, 0.05) is 6.42 Å². The average Bonchev–Trinajstić information content (AvgIpc) is 2.78. The zero-order valence-corrected chi connectivity index (χ0v) is 19.7. The first-order valence-corrected chi connectivity index (χ1v) is 11.0. The lowest BCUT2D eigenvalue weighted by Gasteiger charge is -2.23. The molecule has 2 amide bonds. The van der Waals surface area contributed by atoms with Crippen LogP contribution in [0.2, 0.25) is 0 Å². The normalized spacial score (nSPS) is 11.9. The van der Waals surface area contributed by atoms with E-state index in [-0.39, 0.29) is 23.4 Å². The van der Waals surface area contributed by atoms with Crippen LogP contribution >= 0.6 is 0 Å². The number of carboxylic acid groups (broad SMARTS) is 1. The van der Waals surface area contributed by atoms with E-state index in [1.165, 1.54) is 12.1 Å². The maximum absolute atomic E-state index is 13.1. The van der Waals surface area contributed by atoms with Crippen molar-refractivity contribution in [2.75, 3.05) is 5.32 Å². The first-order valence-electron chi connectivity index (χ1n) is 11.0. The molecule has 0 spiro atoms. The minimum atomic E-state index is -1.18. The van der Waals surface area contributed by atoms with E-state index >= 15 is 0 Å². The van der Waals surface area contributed by atoms with E-state index in [1.807, 2.05) is 24.3 Å². The fourth-order valence-electron chi connectivity index (χ4n) is 3.38. The predicted molar refractivity (Wildman–Crippen MR) is 132 cm³/mol. The second kappa shape index (κ2) is 10.7. The molecule has 0 aliphatic heterocycles. The SMILES string of the molecule is CC(C)(C)OC(=O)NC(Cc1ccc(-c2ccc(O)cc2)cc1)C(=O)Nc1ccccc1C(=O)O. The number of carboxylic acids is 1. The lowest BCUT2D eigenvalue weighted by atomic mass is 10.00. The summed E-state index contributed by atoms with van der Waals surface area (Å²) >= 11 is 0. The van der Waals surface area contributed by atoms with Crippen LogP contribution in [0.15, 0.2) is 72.8 Å². The third kappa shape index (κ3) is 7.33. The van der Waals surface area contributed by atoms with Gasteiger partial charge in [-0.3, -0.25) is 4.79 Å². The minimum Gasteiger partial charge on any atom is -0.508 e. The Kier molecular flexibility index (Phi) is 7.76. The largest absolute Gasteiger partial charge is 0.508 e. The van der Waals surface area contributed by atoms with Crippen LogP contribution in [0.1, 0.15) is 36.7 Å². The molecule has 0 saturated heterocycles. The molecular weight excluding hydrogens is 448 g/mol. The fourth-order valence-corrected chi connectivity index (χ4v) is 3.38. The second-order valence-corrected chi connectivity index (χ2v) is 8.99. The molecule has 8 heteroatoms. The summed E-state index contributed by atoms with van der Waals surface area (Å²) < 4.78 is 5.31. The Bertz CT molecular complexity index is 1200. The Labute approximate surface area is 203 Å². The van der Waals surface area contributed by atoms with Crippen molar-refractivity contribution in [1.29, 1.82) is 0 Å². The van der Waals surface area contributed by atoms with Gasteiger partial charge in [-0.15, -0.1) is 0 Å². The summed E-state index contributed by atoms with van der Waals surface area (Å²) in [6, 6.07) is 19.2. The first kappa shape index (κ1) is 25.3. The summed E-state index contributed by atoms with van der Waals surface area (Å²) in [4.78, 5) is 37.1. The topological polar surface area (TPSA) is 125 Å². The number of aromatic carboxylic acids is 1. The summed E-state index contributed by atoms with van der Waals surface area (Å²) in [5, 5.41) is 24.1. The van der Waals surface area contributed by atoms with Crippen LogP contribution in [-0.4, -0.2) is 39.8 Å². The molecule has 0 radical (unpaired) electrons. The van der Waals surface area contributed by atoms with E-state index < -0.39 is 29.6 Å². The van der Waals surface area contributed by atoms with Crippen molar-refractivity contribution in [1.82, 2.24) is 5.32 Å². The number of alkyl carbamates (subject to hydrolysis) is 1. The predicted octanol–water partition coefficient (Wildman–Crippen LogP) is 4.83. The highest BCUT2D eigenvalue weighted by Gasteiger charge is 2.26. The number of amides is 2. The summed E-state index contributed by atoms with van der Waals surface area (Å²) in [6.07, 6.45) is -0.610. The van der Waals surface area contributed by atoms with E-state index in [0.717, 1.165) is 16.7 Å². The average molecular weight is 477 g/mol. The molecule has 35 heavy (non-hydrogen) atoms. The Morgan fingerprint density at radius 3 is 2.03 bits per heavy atom. The molecule has 4 N–H and O–H groups in total. The Balaban J connectivity index is 1.81. The maximum Gasteiger partial charge on any atom is 0.408 e. The Hall–Kier alpha value is -4.33. The molecule has 182 valence electrons. The van der Waals surface area contributed by atoms with Crippen molar-refractivity contribution in [3.8, 4) is 16.9 Å². The Morgan fingerprint density at radius 1 is 0.886 bits per heavy atom. The van der Waals surface area contributed by atoms with Crippen LogP contribution in [0.3, 0.4) is 0 Å². The molecule has 3 rings (SSSR count). The van der Waals surface area contributed by atoms with Gasteiger partial charge >= 0.3 is 12.1 Å². The third-order valence-electron chi connectivity index (χ3n) is 5.02. The van der Waals surface area contributed by atoms with Gasteiger partial charge in [-0.2, -0.15) is 0 Å². The highest BCUT2D eigenvalue weighted by molar-refractivity contribution is 6.02. The fraction of sp³-hybridized carbons (Fsp3) is 0.222. The van der Waals surface area contributed by atoms with Gasteiger partial charge in [0.25, 0.3) is 0 Å². The van der Waals surface area contributed by atoms with Gasteiger partial charge in [-0.1, -0.05) is 48.5 Å². The number of carbonyl (C=O) groups excluding carboxylic acids is 2. The number of carbonyl (C=O) groups is 3. The standard InChI is InChI=1S/C27H28N2O6/c1-27(2,3)35-26(34)29-23(24(31)28-22-7-5-4-6-21(22)25(32)33)16-17-8-10-18(11-9-17)19-12-14-20(30)15-13-19/h4-15,23,30H,16H2,1-3H3,(H,28,31)(H,29,34)(H,32,33). The summed E-state index contributed by atoms with van der Waals surface area (Å²) in [6.45, 7) is 5.15. The first-order chi connectivity index (χ1) is 16.5. The minimum absolute atomic E-state index is 0.0601. The summed E-state index contributed by atoms with van der Waals surface area (Å²) in [5.41, 5.74) is 1.92. The van der Waals surface area contributed by atoms with Gasteiger partial charge in [0.05, 0.1) is 11.3 Å². The number of aromatic hydroxyl groups is 1. The summed E-state index contributed by atoms with van der Waals surface area (Å²) in [7, 11) is 0. The quantitative estimate of drug-likeness (QED) is 0.387. The smallest absolute Gasteiger partial charge is 0.408 e. The van der Waals surface area contributed by atoms with Crippen LogP contribution < -0.4 is 10.6 Å². The van der Waals surface area contributed by atoms with Crippen molar-refractivity contribution in [2.24, 2.45) is 0 Å². The van der Waals surface area contributed by atoms with Gasteiger partial charge in [-0.25, -0.2) is 9.59 Å². The number of hydrogen-bond acceptors (Lipinski definition) is 5. The van der Waals surface area contributed by atoms with E-state index in [4.69, 9.17) is 4.74 Å². The number of hydrogen-bond donors (Lipinski definition) is 4. The zero-order valence-electron chi connectivity index (χ0n) is 19.7. The number of anilines is 1. The van der Waals surface area contributed by atoms with E-state index in [9.17, 15) is 24.6 Å². The molecule has 0 fully saturated rings. The number of phenols is 1. The zero-order chi connectivity index (χ0) is 25.6. The lowest BCUT2D eigenvalue weighted by molar-refractivity contribution is -0.118. The third-order valence-corrected chi connectivity index (χ3v) is 5.02. The van der Waals surface area contributed by atoms with Crippen molar-refractivity contribution >= 4 is 23.7 Å². The molecule has 0 saturated carbocycles. The molecule has 1 unspecified atom stereocenters. The van der Waals surface area contributed by atoms with Gasteiger partial charge in [0.2, 0.25) is 5.91 Å². The highest BCUT2D eigenvalue weighted by atomic mass is 16.6. The molecule has 1 atom stereocenters. The van der Waals surface area contributed by atoms with E-state index in [1.54, 1.807) is 57.2 Å². The molecule has 3 aromatic carbocycles. The number of benzene rings is 3. The molecular formula is C27H28N2O6. The monoisotopic (exact) mass is 476 g/mol. The van der Waals surface area contributed by atoms with Crippen LogP contribution in [0.5, 0.6) is 5.75 Å². The second-order valence-electron chi connectivity index (χ2n) is 8.99. The van der Waals surface area contributed by atoms with Gasteiger partial charge in [0.1, 0.15) is 17.4 Å². The molecule has 0 aliphatic carbocycles. The number of rotatable bonds is 7. The number of nitrogens with one attached hydrogen (secondary N) is 2. The van der Waals surface area contributed by atoms with Gasteiger partial charge in [-0.05, 0) is 61.7 Å². The van der Waals surface area contributed by atoms with Crippen LogP contribution in [0.4, 0.5) is 10.5 Å². The van der Waals surface area contributed by atoms with Gasteiger partial charge < -0.3 is 25.6 Å². The molecule has 0 aliphatic rings. The molecule has 0 aromatic heterocycles. The maximum atomic E-state index is 13.1. The number of ether oxygens (including phenoxy) is 1. The molecule has 3 aromatic rings. The van der Waals surface area contributed by atoms with Crippen LogP contribution in [-0.2, 0) is 16.0 Å². The van der Waals surface area contributed by atoms with Gasteiger partial charge in [0.15, 0.2) is 0 Å². The molecule has 8 nitrogen and oxygen atoms in total.